The van der Waals surface area contributed by atoms with Crippen LogP contribution in [0.3, 0.4) is 0 Å². The molecule has 0 unspecified atom stereocenters. The number of hydrogen-bond acceptors (Lipinski definition) is 8. The summed E-state index contributed by atoms with van der Waals surface area (Å²) in [5.41, 5.74) is 12.7. The van der Waals surface area contributed by atoms with Gasteiger partial charge in [0.1, 0.15) is 5.69 Å². The number of halogens is 1. The molecule has 0 saturated heterocycles. The standard InChI is InChI=1S/C13H16N8O2S.ClH/c1-16-11(6-21(22)23)17-5-8-3-2-4-9(18-8)10-7-24-13(19-10)20-12(14)15;/h2-4,6-7,16-17H,5H2,1H3,(H4,14,15,19,20);1H/b11-6+;. The highest BCUT2D eigenvalue weighted by molar-refractivity contribution is 7.13. The molecule has 0 saturated carbocycles. The fraction of sp³-hybridized carbons (Fsp3) is 0.154. The summed E-state index contributed by atoms with van der Waals surface area (Å²) in [6.07, 6.45) is 0.853. The van der Waals surface area contributed by atoms with Gasteiger partial charge in [0, 0.05) is 12.4 Å². The summed E-state index contributed by atoms with van der Waals surface area (Å²) < 4.78 is 0. The van der Waals surface area contributed by atoms with E-state index < -0.39 is 4.92 Å². The smallest absolute Gasteiger partial charge is 0.274 e. The van der Waals surface area contributed by atoms with Crippen LogP contribution in [-0.2, 0) is 6.54 Å². The Kier molecular flexibility index (Phi) is 7.56. The van der Waals surface area contributed by atoms with Crippen LogP contribution in [0.25, 0.3) is 11.4 Å². The number of aromatic nitrogens is 2. The van der Waals surface area contributed by atoms with Crippen molar-refractivity contribution >= 4 is 34.8 Å². The number of aliphatic imine (C=N–C) groups is 1. The Balaban J connectivity index is 0.00000312. The van der Waals surface area contributed by atoms with Crippen molar-refractivity contribution in [3.63, 3.8) is 0 Å². The van der Waals surface area contributed by atoms with Crippen molar-refractivity contribution < 1.29 is 4.92 Å². The van der Waals surface area contributed by atoms with Crippen molar-refractivity contribution in [2.45, 2.75) is 6.54 Å². The Morgan fingerprint density at radius 2 is 2.16 bits per heavy atom. The van der Waals surface area contributed by atoms with Crippen molar-refractivity contribution in [2.75, 3.05) is 7.05 Å². The molecule has 0 atom stereocenters. The van der Waals surface area contributed by atoms with Crippen LogP contribution in [0.5, 0.6) is 0 Å². The molecule has 0 amide bonds. The molecule has 0 aliphatic rings. The van der Waals surface area contributed by atoms with E-state index in [2.05, 4.69) is 25.6 Å². The molecule has 6 N–H and O–H groups in total. The minimum atomic E-state index is -0.539. The monoisotopic (exact) mass is 384 g/mol. The van der Waals surface area contributed by atoms with Crippen molar-refractivity contribution in [1.82, 2.24) is 20.6 Å². The van der Waals surface area contributed by atoms with Gasteiger partial charge in [-0.3, -0.25) is 10.1 Å². The van der Waals surface area contributed by atoms with Crippen LogP contribution in [0.15, 0.2) is 40.6 Å². The van der Waals surface area contributed by atoms with Crippen LogP contribution in [0.2, 0.25) is 0 Å². The molecule has 2 rings (SSSR count). The van der Waals surface area contributed by atoms with Crippen molar-refractivity contribution in [1.29, 1.82) is 0 Å². The zero-order valence-corrected chi connectivity index (χ0v) is 14.8. The van der Waals surface area contributed by atoms with Gasteiger partial charge in [-0.05, 0) is 12.1 Å². The number of rotatable bonds is 7. The highest BCUT2D eigenvalue weighted by Crippen LogP contribution is 2.25. The van der Waals surface area contributed by atoms with Crippen molar-refractivity contribution in [3.05, 3.63) is 51.4 Å². The molecule has 0 aliphatic heterocycles. The average molecular weight is 385 g/mol. The number of nitrogens with zero attached hydrogens (tertiary/aromatic N) is 4. The number of hydrogen-bond donors (Lipinski definition) is 4. The summed E-state index contributed by atoms with van der Waals surface area (Å²) in [5, 5.41) is 18.3. The molecule has 0 spiro atoms. The Morgan fingerprint density at radius 3 is 2.80 bits per heavy atom. The zero-order valence-electron chi connectivity index (χ0n) is 13.2. The first-order valence-corrected chi connectivity index (χ1v) is 7.64. The maximum absolute atomic E-state index is 10.5. The minimum absolute atomic E-state index is 0. The lowest BCUT2D eigenvalue weighted by Crippen LogP contribution is -2.24. The zero-order chi connectivity index (χ0) is 17.5. The molecular weight excluding hydrogens is 368 g/mol. The number of nitrogens with one attached hydrogen (secondary N) is 2. The van der Waals surface area contributed by atoms with Crippen molar-refractivity contribution in [3.8, 4) is 11.4 Å². The predicted octanol–water partition coefficient (Wildman–Crippen LogP) is 0.916. The topological polar surface area (TPSA) is 157 Å². The summed E-state index contributed by atoms with van der Waals surface area (Å²) in [6, 6.07) is 5.44. The van der Waals surface area contributed by atoms with Crippen LogP contribution < -0.4 is 22.1 Å². The lowest BCUT2D eigenvalue weighted by Gasteiger charge is -2.08. The number of pyridine rings is 1. The van der Waals surface area contributed by atoms with Gasteiger partial charge >= 0.3 is 0 Å². The number of thiazole rings is 1. The molecule has 0 fully saturated rings. The van der Waals surface area contributed by atoms with Crippen LogP contribution in [0, 0.1) is 10.1 Å². The third kappa shape index (κ3) is 6.24. The van der Waals surface area contributed by atoms with Gasteiger partial charge < -0.3 is 22.1 Å². The van der Waals surface area contributed by atoms with Gasteiger partial charge in [0.25, 0.3) is 6.20 Å². The molecule has 0 bridgehead atoms. The Labute approximate surface area is 153 Å². The summed E-state index contributed by atoms with van der Waals surface area (Å²) in [6.45, 7) is 0.319. The van der Waals surface area contributed by atoms with E-state index in [1.807, 2.05) is 12.1 Å². The van der Waals surface area contributed by atoms with Crippen molar-refractivity contribution in [2.24, 2.45) is 16.5 Å². The van der Waals surface area contributed by atoms with E-state index in [1.54, 1.807) is 18.5 Å². The second-order valence-corrected chi connectivity index (χ2v) is 5.33. The second-order valence-electron chi connectivity index (χ2n) is 4.50. The average Bonchev–Trinajstić information content (AvgIpc) is 2.99. The van der Waals surface area contributed by atoms with Gasteiger partial charge in [0.2, 0.25) is 5.13 Å². The second kappa shape index (κ2) is 9.39. The summed E-state index contributed by atoms with van der Waals surface area (Å²) in [7, 11) is 1.59. The molecule has 134 valence electrons. The fourth-order valence-corrected chi connectivity index (χ4v) is 2.45. The first-order chi connectivity index (χ1) is 11.5. The Morgan fingerprint density at radius 1 is 1.40 bits per heavy atom. The van der Waals surface area contributed by atoms with E-state index in [0.29, 0.717) is 28.8 Å². The number of nitro groups is 1. The van der Waals surface area contributed by atoms with E-state index in [4.69, 9.17) is 11.5 Å². The lowest BCUT2D eigenvalue weighted by atomic mass is 10.2. The van der Waals surface area contributed by atoms with Gasteiger partial charge in [-0.1, -0.05) is 6.07 Å². The van der Waals surface area contributed by atoms with Crippen LogP contribution in [0.4, 0.5) is 5.13 Å². The van der Waals surface area contributed by atoms with E-state index in [-0.39, 0.29) is 24.2 Å². The Bertz CT molecular complexity index is 788. The third-order valence-electron chi connectivity index (χ3n) is 2.75. The molecule has 2 heterocycles. The van der Waals surface area contributed by atoms with E-state index in [9.17, 15) is 10.1 Å². The van der Waals surface area contributed by atoms with Crippen LogP contribution >= 0.6 is 23.7 Å². The summed E-state index contributed by atoms with van der Waals surface area (Å²) >= 11 is 1.30. The molecule has 25 heavy (non-hydrogen) atoms. The maximum Gasteiger partial charge on any atom is 0.274 e. The highest BCUT2D eigenvalue weighted by Gasteiger charge is 2.07. The number of guanidine groups is 1. The lowest BCUT2D eigenvalue weighted by molar-refractivity contribution is -0.404. The number of nitrogens with two attached hydrogens (primary N) is 2. The van der Waals surface area contributed by atoms with Gasteiger partial charge in [-0.2, -0.15) is 4.99 Å². The van der Waals surface area contributed by atoms with Crippen LogP contribution in [-0.4, -0.2) is 27.9 Å². The summed E-state index contributed by atoms with van der Waals surface area (Å²) in [4.78, 5) is 22.6. The van der Waals surface area contributed by atoms with Gasteiger partial charge in [-0.15, -0.1) is 23.7 Å². The summed E-state index contributed by atoms with van der Waals surface area (Å²) in [5.74, 6) is 0.231. The molecule has 2 aromatic rings. The minimum Gasteiger partial charge on any atom is -0.370 e. The molecule has 10 nitrogen and oxygen atoms in total. The van der Waals surface area contributed by atoms with E-state index in [1.165, 1.54) is 11.3 Å². The van der Waals surface area contributed by atoms with Gasteiger partial charge in [0.05, 0.1) is 22.9 Å². The van der Waals surface area contributed by atoms with E-state index >= 15 is 0 Å². The highest BCUT2D eigenvalue weighted by atomic mass is 35.5. The first-order valence-electron chi connectivity index (χ1n) is 6.76. The normalized spacial score (nSPS) is 10.5. The SMILES string of the molecule is CN/C(=C\[N+](=O)[O-])NCc1cccc(-c2csc(N=C(N)N)n2)n1.Cl. The van der Waals surface area contributed by atoms with Gasteiger partial charge in [0.15, 0.2) is 11.8 Å². The third-order valence-corrected chi connectivity index (χ3v) is 3.48. The molecule has 0 radical (unpaired) electrons. The molecule has 2 aromatic heterocycles. The largest absolute Gasteiger partial charge is 0.370 e. The molecule has 12 heteroatoms. The predicted molar refractivity (Wildman–Crippen MR) is 99.0 cm³/mol. The van der Waals surface area contributed by atoms with Gasteiger partial charge in [-0.25, -0.2) is 9.97 Å². The first kappa shape index (κ1) is 20.1. The quantitative estimate of drug-likeness (QED) is 0.237. The van der Waals surface area contributed by atoms with Crippen LogP contribution in [0.1, 0.15) is 5.69 Å². The fourth-order valence-electron chi connectivity index (χ4n) is 1.75. The molecule has 0 aromatic carbocycles. The molecule has 0 aliphatic carbocycles. The Hall–Kier alpha value is -2.92. The van der Waals surface area contributed by atoms with E-state index in [0.717, 1.165) is 6.20 Å². The maximum atomic E-state index is 10.5. The molecular formula is C13H17ClN8O2S.